The molecule has 1 aliphatic rings. The molecule has 1 heterocycles. The molecule has 1 aliphatic heterocycles. The molecule has 0 aromatic heterocycles. The Morgan fingerprint density at radius 2 is 2.00 bits per heavy atom. The van der Waals surface area contributed by atoms with Gasteiger partial charge in [-0.3, -0.25) is 4.79 Å². The maximum Gasteiger partial charge on any atom is 0.257 e. The average molecular weight is 313 g/mol. The number of hydrogen-bond acceptors (Lipinski definition) is 3. The standard InChI is InChI=1S/C16H24N2O2.ClH/c1-3-17-12-13-8-10-18(11-9-13)16(19)14-6-4-5-7-15(14)20-2;/h4-7,13,17H,3,8-12H2,1-2H3;1H. The lowest BCUT2D eigenvalue weighted by molar-refractivity contribution is 0.0687. The number of amides is 1. The summed E-state index contributed by atoms with van der Waals surface area (Å²) in [7, 11) is 1.61. The number of carbonyl (C=O) groups excluding carboxylic acids is 1. The van der Waals surface area contributed by atoms with Gasteiger partial charge in [-0.25, -0.2) is 0 Å². The highest BCUT2D eigenvalue weighted by atomic mass is 35.5. The van der Waals surface area contributed by atoms with Gasteiger partial charge in [-0.2, -0.15) is 0 Å². The van der Waals surface area contributed by atoms with Crippen molar-refractivity contribution < 1.29 is 9.53 Å². The van der Waals surface area contributed by atoms with E-state index in [4.69, 9.17) is 4.74 Å². The van der Waals surface area contributed by atoms with E-state index in [9.17, 15) is 4.79 Å². The van der Waals surface area contributed by atoms with E-state index in [1.54, 1.807) is 7.11 Å². The number of likely N-dealkylation sites (tertiary alicyclic amines) is 1. The van der Waals surface area contributed by atoms with E-state index in [-0.39, 0.29) is 18.3 Å². The van der Waals surface area contributed by atoms with Gasteiger partial charge >= 0.3 is 0 Å². The molecular weight excluding hydrogens is 288 g/mol. The predicted molar refractivity (Wildman–Crippen MR) is 87.4 cm³/mol. The first-order chi connectivity index (χ1) is 9.76. The third-order valence-electron chi connectivity index (χ3n) is 3.92. The van der Waals surface area contributed by atoms with E-state index >= 15 is 0 Å². The lowest BCUT2D eigenvalue weighted by Gasteiger charge is -2.32. The summed E-state index contributed by atoms with van der Waals surface area (Å²) in [4.78, 5) is 14.5. The molecule has 118 valence electrons. The van der Waals surface area contributed by atoms with Gasteiger partial charge in [0.05, 0.1) is 12.7 Å². The minimum Gasteiger partial charge on any atom is -0.496 e. The van der Waals surface area contributed by atoms with Crippen molar-refractivity contribution in [3.8, 4) is 5.75 Å². The van der Waals surface area contributed by atoms with Gasteiger partial charge in [-0.05, 0) is 44.0 Å². The van der Waals surface area contributed by atoms with E-state index in [1.807, 2.05) is 29.2 Å². The number of piperidine rings is 1. The zero-order valence-electron chi connectivity index (χ0n) is 12.8. The molecule has 0 unspecified atom stereocenters. The van der Waals surface area contributed by atoms with Crippen LogP contribution in [0.3, 0.4) is 0 Å². The highest BCUT2D eigenvalue weighted by molar-refractivity contribution is 5.97. The lowest BCUT2D eigenvalue weighted by Crippen LogP contribution is -2.40. The minimum atomic E-state index is 0. The number of hydrogen-bond donors (Lipinski definition) is 1. The maximum absolute atomic E-state index is 12.5. The molecule has 1 fully saturated rings. The second-order valence-corrected chi connectivity index (χ2v) is 5.24. The average Bonchev–Trinajstić information content (AvgIpc) is 2.52. The second kappa shape index (κ2) is 8.90. The summed E-state index contributed by atoms with van der Waals surface area (Å²) in [6.45, 7) is 5.88. The Hall–Kier alpha value is -1.26. The van der Waals surface area contributed by atoms with Crippen LogP contribution in [0, 0.1) is 5.92 Å². The lowest BCUT2D eigenvalue weighted by atomic mass is 9.96. The molecule has 4 nitrogen and oxygen atoms in total. The smallest absolute Gasteiger partial charge is 0.257 e. The van der Waals surface area contributed by atoms with Crippen molar-refractivity contribution in [3.63, 3.8) is 0 Å². The van der Waals surface area contributed by atoms with Gasteiger partial charge < -0.3 is 15.0 Å². The highest BCUT2D eigenvalue weighted by Gasteiger charge is 2.24. The minimum absolute atomic E-state index is 0. The molecule has 2 rings (SSSR count). The first-order valence-corrected chi connectivity index (χ1v) is 7.39. The molecule has 1 amide bonds. The zero-order chi connectivity index (χ0) is 14.4. The molecule has 21 heavy (non-hydrogen) atoms. The molecule has 0 aliphatic carbocycles. The monoisotopic (exact) mass is 312 g/mol. The molecule has 0 spiro atoms. The molecule has 0 radical (unpaired) electrons. The van der Waals surface area contributed by atoms with E-state index in [1.165, 1.54) is 0 Å². The van der Waals surface area contributed by atoms with Gasteiger partial charge in [0.15, 0.2) is 0 Å². The van der Waals surface area contributed by atoms with Crippen LogP contribution in [0.2, 0.25) is 0 Å². The number of rotatable bonds is 5. The van der Waals surface area contributed by atoms with Crippen LogP contribution in [0.15, 0.2) is 24.3 Å². The molecule has 5 heteroatoms. The number of ether oxygens (including phenoxy) is 1. The number of para-hydroxylation sites is 1. The van der Waals surface area contributed by atoms with Gasteiger partial charge in [-0.1, -0.05) is 19.1 Å². The Morgan fingerprint density at radius 1 is 1.33 bits per heavy atom. The highest BCUT2D eigenvalue weighted by Crippen LogP contribution is 2.23. The van der Waals surface area contributed by atoms with Crippen molar-refractivity contribution >= 4 is 18.3 Å². The fourth-order valence-corrected chi connectivity index (χ4v) is 2.68. The molecule has 1 aromatic rings. The Balaban J connectivity index is 0.00000220. The van der Waals surface area contributed by atoms with Crippen LogP contribution in [0.1, 0.15) is 30.1 Å². The first-order valence-electron chi connectivity index (χ1n) is 7.39. The van der Waals surface area contributed by atoms with Crippen LogP contribution in [0.25, 0.3) is 0 Å². The Morgan fingerprint density at radius 3 is 2.62 bits per heavy atom. The van der Waals surface area contributed by atoms with Crippen LogP contribution in [0.4, 0.5) is 0 Å². The summed E-state index contributed by atoms with van der Waals surface area (Å²) >= 11 is 0. The normalized spacial score (nSPS) is 15.4. The SMILES string of the molecule is CCNCC1CCN(C(=O)c2ccccc2OC)CC1.Cl. The summed E-state index contributed by atoms with van der Waals surface area (Å²) in [5, 5.41) is 3.39. The van der Waals surface area contributed by atoms with Crippen molar-refractivity contribution in [1.82, 2.24) is 10.2 Å². The third kappa shape index (κ3) is 4.61. The molecule has 1 N–H and O–H groups in total. The summed E-state index contributed by atoms with van der Waals surface area (Å²) in [5.41, 5.74) is 0.667. The quantitative estimate of drug-likeness (QED) is 0.908. The van der Waals surface area contributed by atoms with Gasteiger partial charge in [0, 0.05) is 13.1 Å². The number of methoxy groups -OCH3 is 1. The Labute approximate surface area is 133 Å². The zero-order valence-corrected chi connectivity index (χ0v) is 13.6. The Bertz CT molecular complexity index is 446. The van der Waals surface area contributed by atoms with E-state index in [0.29, 0.717) is 17.2 Å². The van der Waals surface area contributed by atoms with Crippen molar-refractivity contribution in [3.05, 3.63) is 29.8 Å². The van der Waals surface area contributed by atoms with Crippen LogP contribution in [0.5, 0.6) is 5.75 Å². The Kier molecular flexibility index (Phi) is 7.54. The largest absolute Gasteiger partial charge is 0.496 e. The van der Waals surface area contributed by atoms with Gasteiger partial charge in [0.1, 0.15) is 5.75 Å². The summed E-state index contributed by atoms with van der Waals surface area (Å²) in [6, 6.07) is 7.45. The van der Waals surface area contributed by atoms with Crippen molar-refractivity contribution in [2.45, 2.75) is 19.8 Å². The molecule has 0 bridgehead atoms. The van der Waals surface area contributed by atoms with Gasteiger partial charge in [0.2, 0.25) is 0 Å². The number of nitrogens with zero attached hydrogens (tertiary/aromatic N) is 1. The summed E-state index contributed by atoms with van der Waals surface area (Å²) < 4.78 is 5.27. The van der Waals surface area contributed by atoms with Crippen molar-refractivity contribution in [1.29, 1.82) is 0 Å². The van der Waals surface area contributed by atoms with Gasteiger partial charge in [0.25, 0.3) is 5.91 Å². The number of nitrogens with one attached hydrogen (secondary N) is 1. The second-order valence-electron chi connectivity index (χ2n) is 5.24. The molecule has 1 aromatic carbocycles. The summed E-state index contributed by atoms with van der Waals surface area (Å²) in [5.74, 6) is 1.44. The molecular formula is C16H25ClN2O2. The maximum atomic E-state index is 12.5. The van der Waals surface area contributed by atoms with Crippen LogP contribution >= 0.6 is 12.4 Å². The topological polar surface area (TPSA) is 41.6 Å². The predicted octanol–water partition coefficient (Wildman–Crippen LogP) is 2.58. The van der Waals surface area contributed by atoms with E-state index < -0.39 is 0 Å². The van der Waals surface area contributed by atoms with Crippen LogP contribution < -0.4 is 10.1 Å². The fraction of sp³-hybridized carbons (Fsp3) is 0.562. The summed E-state index contributed by atoms with van der Waals surface area (Å²) in [6.07, 6.45) is 2.15. The molecule has 0 saturated carbocycles. The third-order valence-corrected chi connectivity index (χ3v) is 3.92. The van der Waals surface area contributed by atoms with Crippen LogP contribution in [-0.2, 0) is 0 Å². The molecule has 0 atom stereocenters. The fourth-order valence-electron chi connectivity index (χ4n) is 2.68. The van der Waals surface area contributed by atoms with Crippen molar-refractivity contribution in [2.75, 3.05) is 33.3 Å². The number of halogens is 1. The molecule has 1 saturated heterocycles. The number of benzene rings is 1. The first kappa shape index (κ1) is 17.8. The van der Waals surface area contributed by atoms with Crippen LogP contribution in [-0.4, -0.2) is 44.1 Å². The van der Waals surface area contributed by atoms with E-state index in [2.05, 4.69) is 12.2 Å². The van der Waals surface area contributed by atoms with Gasteiger partial charge in [-0.15, -0.1) is 12.4 Å². The van der Waals surface area contributed by atoms with E-state index in [0.717, 1.165) is 39.0 Å². The van der Waals surface area contributed by atoms with Crippen molar-refractivity contribution in [2.24, 2.45) is 5.92 Å². The number of carbonyl (C=O) groups is 1.